The van der Waals surface area contributed by atoms with E-state index in [1.807, 2.05) is 30.3 Å². The third-order valence-electron chi connectivity index (χ3n) is 2.51. The molecule has 1 aromatic rings. The van der Waals surface area contributed by atoms with Gasteiger partial charge < -0.3 is 4.74 Å². The molecule has 0 aromatic heterocycles. The zero-order valence-electron chi connectivity index (χ0n) is 9.80. The maximum atomic E-state index is 11.4. The van der Waals surface area contributed by atoms with Gasteiger partial charge in [0, 0.05) is 6.42 Å². The van der Waals surface area contributed by atoms with Crippen LogP contribution in [0, 0.1) is 0 Å². The Morgan fingerprint density at radius 3 is 2.61 bits per heavy atom. The summed E-state index contributed by atoms with van der Waals surface area (Å²) in [5, 5.41) is 0.896. The van der Waals surface area contributed by atoms with E-state index in [0.29, 0.717) is 18.5 Å². The summed E-state index contributed by atoms with van der Waals surface area (Å²) in [5.41, 5.74) is 1.32. The molecule has 0 atom stereocenters. The minimum absolute atomic E-state index is 0.105. The number of hydroxylamine groups is 2. The van der Waals surface area contributed by atoms with Crippen molar-refractivity contribution in [1.82, 2.24) is 5.06 Å². The standard InChI is InChI=1S/C13H13NO4/c1-10-7-8-12(15)14(10)18-13(16)17-9-11-5-3-2-4-6-11/h2-6H,1,7-9H2. The van der Waals surface area contributed by atoms with Crippen molar-refractivity contribution in [3.05, 3.63) is 48.2 Å². The number of benzene rings is 1. The number of nitrogens with zero attached hydrogens (tertiary/aromatic N) is 1. The van der Waals surface area contributed by atoms with Crippen LogP contribution in [0.1, 0.15) is 18.4 Å². The zero-order chi connectivity index (χ0) is 13.0. The van der Waals surface area contributed by atoms with E-state index in [1.165, 1.54) is 0 Å². The molecule has 0 N–H and O–H groups in total. The Morgan fingerprint density at radius 2 is 2.00 bits per heavy atom. The largest absolute Gasteiger partial charge is 0.534 e. The Kier molecular flexibility index (Phi) is 3.62. The molecule has 1 saturated heterocycles. The predicted octanol–water partition coefficient (Wildman–Crippen LogP) is 2.39. The van der Waals surface area contributed by atoms with Gasteiger partial charge in [-0.15, -0.1) is 5.06 Å². The van der Waals surface area contributed by atoms with Gasteiger partial charge in [-0.2, -0.15) is 0 Å². The molecule has 0 spiro atoms. The fraction of sp³-hybridized carbons (Fsp3) is 0.231. The van der Waals surface area contributed by atoms with Gasteiger partial charge in [0.2, 0.25) is 0 Å². The minimum Gasteiger partial charge on any atom is -0.428 e. The second-order valence-corrected chi connectivity index (χ2v) is 3.87. The molecule has 5 heteroatoms. The molecule has 1 aromatic carbocycles. The Morgan fingerprint density at radius 1 is 1.28 bits per heavy atom. The number of allylic oxidation sites excluding steroid dienone is 1. The SMILES string of the molecule is C=C1CCC(=O)N1OC(=O)OCc1ccccc1. The third-order valence-corrected chi connectivity index (χ3v) is 2.51. The first kappa shape index (κ1) is 12.2. The van der Waals surface area contributed by atoms with Crippen LogP contribution >= 0.6 is 0 Å². The number of amides is 1. The normalized spacial score (nSPS) is 14.8. The minimum atomic E-state index is -0.907. The summed E-state index contributed by atoms with van der Waals surface area (Å²) in [7, 11) is 0. The molecule has 0 bridgehead atoms. The topological polar surface area (TPSA) is 55.8 Å². The molecule has 0 saturated carbocycles. The van der Waals surface area contributed by atoms with Crippen molar-refractivity contribution >= 4 is 12.1 Å². The first-order valence-corrected chi connectivity index (χ1v) is 5.56. The fourth-order valence-corrected chi connectivity index (χ4v) is 1.56. The summed E-state index contributed by atoms with van der Waals surface area (Å²) >= 11 is 0. The van der Waals surface area contributed by atoms with Crippen LogP contribution in [0.5, 0.6) is 0 Å². The molecule has 5 nitrogen and oxygen atoms in total. The van der Waals surface area contributed by atoms with E-state index in [0.717, 1.165) is 10.6 Å². The summed E-state index contributed by atoms with van der Waals surface area (Å²) in [6.07, 6.45) is -0.0921. The molecular weight excluding hydrogens is 234 g/mol. The van der Waals surface area contributed by atoms with Gasteiger partial charge in [0.15, 0.2) is 0 Å². The number of hydrogen-bond donors (Lipinski definition) is 0. The van der Waals surface area contributed by atoms with Gasteiger partial charge in [0.25, 0.3) is 5.91 Å². The first-order chi connectivity index (χ1) is 8.66. The van der Waals surface area contributed by atoms with Crippen LogP contribution in [0.15, 0.2) is 42.6 Å². The number of carbonyl (C=O) groups excluding carboxylic acids is 2. The van der Waals surface area contributed by atoms with Gasteiger partial charge in [0.05, 0.1) is 5.70 Å². The van der Waals surface area contributed by atoms with Crippen molar-refractivity contribution < 1.29 is 19.2 Å². The Hall–Kier alpha value is -2.30. The van der Waals surface area contributed by atoms with E-state index in [-0.39, 0.29) is 12.5 Å². The molecule has 2 rings (SSSR count). The lowest BCUT2D eigenvalue weighted by Gasteiger charge is -2.15. The molecule has 0 unspecified atom stereocenters. The lowest BCUT2D eigenvalue weighted by molar-refractivity contribution is -0.158. The number of ether oxygens (including phenoxy) is 1. The summed E-state index contributed by atoms with van der Waals surface area (Å²) < 4.78 is 4.89. The van der Waals surface area contributed by atoms with Crippen molar-refractivity contribution in [2.24, 2.45) is 0 Å². The second-order valence-electron chi connectivity index (χ2n) is 3.87. The van der Waals surface area contributed by atoms with E-state index in [1.54, 1.807) is 0 Å². The number of rotatable bonds is 3. The van der Waals surface area contributed by atoms with Crippen LogP contribution in [0.3, 0.4) is 0 Å². The summed E-state index contributed by atoms with van der Waals surface area (Å²) in [4.78, 5) is 27.5. The fourth-order valence-electron chi connectivity index (χ4n) is 1.56. The average molecular weight is 247 g/mol. The van der Waals surface area contributed by atoms with E-state index in [4.69, 9.17) is 9.57 Å². The van der Waals surface area contributed by atoms with Crippen molar-refractivity contribution in [2.75, 3.05) is 0 Å². The van der Waals surface area contributed by atoms with Crippen molar-refractivity contribution in [3.8, 4) is 0 Å². The van der Waals surface area contributed by atoms with Gasteiger partial charge in [-0.3, -0.25) is 9.63 Å². The van der Waals surface area contributed by atoms with Crippen LogP contribution < -0.4 is 0 Å². The molecule has 94 valence electrons. The summed E-state index contributed by atoms with van der Waals surface area (Å²) in [6.45, 7) is 3.74. The van der Waals surface area contributed by atoms with E-state index < -0.39 is 6.16 Å². The number of hydrogen-bond acceptors (Lipinski definition) is 4. The van der Waals surface area contributed by atoms with Crippen LogP contribution in [0.2, 0.25) is 0 Å². The van der Waals surface area contributed by atoms with Gasteiger partial charge in [0.1, 0.15) is 6.61 Å². The maximum absolute atomic E-state index is 11.4. The highest BCUT2D eigenvalue weighted by molar-refractivity contribution is 5.81. The van der Waals surface area contributed by atoms with E-state index in [9.17, 15) is 9.59 Å². The van der Waals surface area contributed by atoms with Gasteiger partial charge in [-0.1, -0.05) is 36.9 Å². The molecule has 1 aliphatic rings. The molecular formula is C13H13NO4. The van der Waals surface area contributed by atoms with Crippen molar-refractivity contribution in [1.29, 1.82) is 0 Å². The molecule has 18 heavy (non-hydrogen) atoms. The predicted molar refractivity (Wildman–Crippen MR) is 62.9 cm³/mol. The zero-order valence-corrected chi connectivity index (χ0v) is 9.80. The third kappa shape index (κ3) is 2.88. The van der Waals surface area contributed by atoms with Crippen molar-refractivity contribution in [2.45, 2.75) is 19.4 Å². The average Bonchev–Trinajstić information content (AvgIpc) is 2.69. The second kappa shape index (κ2) is 5.35. The molecule has 1 amide bonds. The lowest BCUT2D eigenvalue weighted by Crippen LogP contribution is -2.27. The van der Waals surface area contributed by atoms with E-state index >= 15 is 0 Å². The highest BCUT2D eigenvalue weighted by Crippen LogP contribution is 2.21. The van der Waals surface area contributed by atoms with Crippen LogP contribution in [-0.2, 0) is 21.0 Å². The smallest absolute Gasteiger partial charge is 0.428 e. The molecule has 1 aliphatic heterocycles. The lowest BCUT2D eigenvalue weighted by atomic mass is 10.2. The Balaban J connectivity index is 1.82. The quantitative estimate of drug-likeness (QED) is 0.769. The first-order valence-electron chi connectivity index (χ1n) is 5.56. The van der Waals surface area contributed by atoms with Gasteiger partial charge in [-0.25, -0.2) is 4.79 Å². The van der Waals surface area contributed by atoms with Gasteiger partial charge >= 0.3 is 6.16 Å². The van der Waals surface area contributed by atoms with Crippen LogP contribution in [-0.4, -0.2) is 17.1 Å². The van der Waals surface area contributed by atoms with Crippen molar-refractivity contribution in [3.63, 3.8) is 0 Å². The molecule has 0 radical (unpaired) electrons. The van der Waals surface area contributed by atoms with Crippen LogP contribution in [0.25, 0.3) is 0 Å². The molecule has 1 heterocycles. The molecule has 1 fully saturated rings. The monoisotopic (exact) mass is 247 g/mol. The number of carbonyl (C=O) groups is 2. The highest BCUT2D eigenvalue weighted by Gasteiger charge is 2.28. The van der Waals surface area contributed by atoms with Gasteiger partial charge in [-0.05, 0) is 12.0 Å². The Bertz CT molecular complexity index is 453. The summed E-state index contributed by atoms with van der Waals surface area (Å²) in [5.74, 6) is -0.281. The Labute approximate surface area is 105 Å². The van der Waals surface area contributed by atoms with Crippen LogP contribution in [0.4, 0.5) is 4.79 Å². The summed E-state index contributed by atoms with van der Waals surface area (Å²) in [6, 6.07) is 9.21. The van der Waals surface area contributed by atoms with E-state index in [2.05, 4.69) is 6.58 Å². The maximum Gasteiger partial charge on any atom is 0.534 e. The molecule has 0 aliphatic carbocycles. The highest BCUT2D eigenvalue weighted by atomic mass is 16.8.